The quantitative estimate of drug-likeness (QED) is 0.407. The van der Waals surface area contributed by atoms with Crippen LogP contribution in [0.15, 0.2) is 53.0 Å². The molecule has 0 saturated carbocycles. The molecule has 1 N–H and O–H groups in total. The van der Waals surface area contributed by atoms with Gasteiger partial charge in [0.25, 0.3) is 5.91 Å². The van der Waals surface area contributed by atoms with E-state index in [1.807, 2.05) is 25.1 Å². The van der Waals surface area contributed by atoms with Crippen LogP contribution in [0.1, 0.15) is 30.6 Å². The van der Waals surface area contributed by atoms with Gasteiger partial charge in [-0.25, -0.2) is 14.4 Å². The van der Waals surface area contributed by atoms with Gasteiger partial charge in [0.1, 0.15) is 17.0 Å². The standard InChI is InChI=1S/C21H18FN5OS2/c1-12-7-17(20(28)23-2)30-18(12)10-26-27-19-15-9-14(29-21(15)25-11-24-19)8-13-5-3-4-6-16(13)22/h3-7,9,11H,8,10H2,1-2H3,(H,23,28). The highest BCUT2D eigenvalue weighted by atomic mass is 32.1. The van der Waals surface area contributed by atoms with E-state index < -0.39 is 0 Å². The van der Waals surface area contributed by atoms with Crippen LogP contribution in [0, 0.1) is 12.7 Å². The van der Waals surface area contributed by atoms with E-state index in [-0.39, 0.29) is 11.7 Å². The average molecular weight is 440 g/mol. The number of amides is 1. The first-order chi connectivity index (χ1) is 14.5. The summed E-state index contributed by atoms with van der Waals surface area (Å²) in [4.78, 5) is 23.7. The van der Waals surface area contributed by atoms with Crippen molar-refractivity contribution in [3.63, 3.8) is 0 Å². The molecule has 0 unspecified atom stereocenters. The van der Waals surface area contributed by atoms with Gasteiger partial charge in [0.05, 0.1) is 16.8 Å². The minimum atomic E-state index is -0.219. The monoisotopic (exact) mass is 439 g/mol. The molecular weight excluding hydrogens is 421 g/mol. The molecule has 1 amide bonds. The van der Waals surface area contributed by atoms with Crippen molar-refractivity contribution in [3.8, 4) is 0 Å². The van der Waals surface area contributed by atoms with Crippen molar-refractivity contribution in [2.75, 3.05) is 7.05 Å². The van der Waals surface area contributed by atoms with Crippen LogP contribution < -0.4 is 5.32 Å². The zero-order valence-corrected chi connectivity index (χ0v) is 18.0. The zero-order valence-electron chi connectivity index (χ0n) is 16.3. The minimum absolute atomic E-state index is 0.107. The maximum Gasteiger partial charge on any atom is 0.261 e. The van der Waals surface area contributed by atoms with E-state index in [0.717, 1.165) is 25.5 Å². The van der Waals surface area contributed by atoms with Gasteiger partial charge in [-0.15, -0.1) is 27.8 Å². The Morgan fingerprint density at radius 2 is 2.03 bits per heavy atom. The fourth-order valence-corrected chi connectivity index (χ4v) is 5.02. The molecule has 0 aliphatic carbocycles. The van der Waals surface area contributed by atoms with Gasteiger partial charge in [0.15, 0.2) is 5.82 Å². The number of benzene rings is 1. The molecule has 0 spiro atoms. The maximum atomic E-state index is 14.0. The molecule has 9 heteroatoms. The SMILES string of the molecule is CNC(=O)c1cc(C)c(CN=Nc2ncnc3sc(Cc4ccccc4F)cc23)s1. The van der Waals surface area contributed by atoms with Crippen molar-refractivity contribution in [1.29, 1.82) is 0 Å². The van der Waals surface area contributed by atoms with Crippen molar-refractivity contribution < 1.29 is 9.18 Å². The number of rotatable bonds is 6. The van der Waals surface area contributed by atoms with E-state index in [1.54, 1.807) is 19.2 Å². The van der Waals surface area contributed by atoms with Gasteiger partial charge in [-0.1, -0.05) is 18.2 Å². The number of nitrogens with zero attached hydrogens (tertiary/aromatic N) is 4. The Balaban J connectivity index is 1.55. The number of azo groups is 1. The van der Waals surface area contributed by atoms with Crippen molar-refractivity contribution >= 4 is 44.6 Å². The lowest BCUT2D eigenvalue weighted by atomic mass is 10.1. The average Bonchev–Trinajstić information content (AvgIpc) is 3.33. The van der Waals surface area contributed by atoms with Gasteiger partial charge in [0, 0.05) is 23.2 Å². The van der Waals surface area contributed by atoms with Crippen LogP contribution in [-0.4, -0.2) is 22.9 Å². The largest absolute Gasteiger partial charge is 0.354 e. The van der Waals surface area contributed by atoms with E-state index in [1.165, 1.54) is 35.1 Å². The molecule has 1 aromatic carbocycles. The van der Waals surface area contributed by atoms with Crippen LogP contribution >= 0.6 is 22.7 Å². The second-order valence-corrected chi connectivity index (χ2v) is 8.84. The number of halogens is 1. The lowest BCUT2D eigenvalue weighted by Gasteiger charge is -1.99. The summed E-state index contributed by atoms with van der Waals surface area (Å²) in [5.74, 6) is 0.157. The summed E-state index contributed by atoms with van der Waals surface area (Å²) in [6.45, 7) is 2.32. The van der Waals surface area contributed by atoms with E-state index in [4.69, 9.17) is 0 Å². The van der Waals surface area contributed by atoms with Gasteiger partial charge in [-0.3, -0.25) is 4.79 Å². The number of fused-ring (bicyclic) bond motifs is 1. The van der Waals surface area contributed by atoms with Crippen LogP contribution in [0.25, 0.3) is 10.2 Å². The van der Waals surface area contributed by atoms with Crippen LogP contribution in [0.4, 0.5) is 10.2 Å². The predicted molar refractivity (Wildman–Crippen MR) is 117 cm³/mol. The van der Waals surface area contributed by atoms with Gasteiger partial charge in [-0.05, 0) is 36.2 Å². The zero-order chi connectivity index (χ0) is 21.1. The predicted octanol–water partition coefficient (Wildman–Crippen LogP) is 5.43. The number of nitrogens with one attached hydrogen (secondary N) is 1. The van der Waals surface area contributed by atoms with Gasteiger partial charge >= 0.3 is 0 Å². The molecule has 0 bridgehead atoms. The Morgan fingerprint density at radius 1 is 1.20 bits per heavy atom. The first kappa shape index (κ1) is 20.2. The maximum absolute atomic E-state index is 14.0. The molecule has 0 fully saturated rings. The van der Waals surface area contributed by atoms with Crippen LogP contribution in [0.5, 0.6) is 0 Å². The second-order valence-electron chi connectivity index (χ2n) is 6.59. The van der Waals surface area contributed by atoms with Crippen molar-refractivity contribution in [3.05, 3.63) is 74.3 Å². The van der Waals surface area contributed by atoms with Crippen molar-refractivity contribution in [2.45, 2.75) is 19.9 Å². The van der Waals surface area contributed by atoms with Crippen LogP contribution in [0.2, 0.25) is 0 Å². The van der Waals surface area contributed by atoms with Crippen LogP contribution in [-0.2, 0) is 13.0 Å². The smallest absolute Gasteiger partial charge is 0.261 e. The van der Waals surface area contributed by atoms with Crippen molar-refractivity contribution in [2.24, 2.45) is 10.2 Å². The Morgan fingerprint density at radius 3 is 2.83 bits per heavy atom. The second kappa shape index (κ2) is 8.76. The number of hydrogen-bond acceptors (Lipinski definition) is 7. The summed E-state index contributed by atoms with van der Waals surface area (Å²) in [6, 6.07) is 10.5. The lowest BCUT2D eigenvalue weighted by Crippen LogP contribution is -2.16. The normalized spacial score (nSPS) is 11.4. The van der Waals surface area contributed by atoms with Gasteiger partial charge in [0.2, 0.25) is 0 Å². The van der Waals surface area contributed by atoms with E-state index in [9.17, 15) is 9.18 Å². The Kier molecular flexibility index (Phi) is 5.91. The number of thiophene rings is 2. The molecule has 4 aromatic rings. The molecule has 6 nitrogen and oxygen atoms in total. The number of aromatic nitrogens is 2. The summed E-state index contributed by atoms with van der Waals surface area (Å²) in [5, 5.41) is 12.0. The number of carbonyl (C=O) groups is 1. The number of carbonyl (C=O) groups excluding carboxylic acids is 1. The fraction of sp³-hybridized carbons (Fsp3) is 0.190. The highest BCUT2D eigenvalue weighted by Gasteiger charge is 2.12. The molecule has 0 saturated heterocycles. The molecule has 3 heterocycles. The van der Waals surface area contributed by atoms with E-state index in [2.05, 4.69) is 25.5 Å². The summed E-state index contributed by atoms with van der Waals surface area (Å²) in [6.07, 6.45) is 1.95. The van der Waals surface area contributed by atoms with Crippen molar-refractivity contribution in [1.82, 2.24) is 15.3 Å². The Bertz CT molecular complexity index is 1250. The summed E-state index contributed by atoms with van der Waals surface area (Å²) >= 11 is 2.90. The summed E-state index contributed by atoms with van der Waals surface area (Å²) < 4.78 is 14.0. The lowest BCUT2D eigenvalue weighted by molar-refractivity contribution is 0.0967. The number of aryl methyl sites for hydroxylation is 1. The molecule has 3 aromatic heterocycles. The first-order valence-corrected chi connectivity index (χ1v) is 10.8. The summed E-state index contributed by atoms with van der Waals surface area (Å²) in [5.41, 5.74) is 1.65. The molecule has 0 aliphatic rings. The minimum Gasteiger partial charge on any atom is -0.354 e. The molecule has 0 radical (unpaired) electrons. The topological polar surface area (TPSA) is 79.6 Å². The molecular formula is C21H18FN5OS2. The highest BCUT2D eigenvalue weighted by molar-refractivity contribution is 7.18. The summed E-state index contributed by atoms with van der Waals surface area (Å²) in [7, 11) is 1.61. The molecule has 30 heavy (non-hydrogen) atoms. The highest BCUT2D eigenvalue weighted by Crippen LogP contribution is 2.32. The molecule has 4 rings (SSSR count). The Labute approximate surface area is 180 Å². The third-order valence-corrected chi connectivity index (χ3v) is 6.80. The fourth-order valence-electron chi connectivity index (χ4n) is 2.97. The Hall–Kier alpha value is -3.04. The van der Waals surface area contributed by atoms with Crippen LogP contribution in [0.3, 0.4) is 0 Å². The third-order valence-electron chi connectivity index (χ3n) is 4.53. The van der Waals surface area contributed by atoms with Gasteiger partial charge in [-0.2, -0.15) is 5.11 Å². The van der Waals surface area contributed by atoms with E-state index >= 15 is 0 Å². The van der Waals surface area contributed by atoms with Gasteiger partial charge < -0.3 is 5.32 Å². The number of hydrogen-bond donors (Lipinski definition) is 1. The van der Waals surface area contributed by atoms with E-state index in [0.29, 0.717) is 29.2 Å². The molecule has 152 valence electrons. The molecule has 0 atom stereocenters. The first-order valence-electron chi connectivity index (χ1n) is 9.21. The molecule has 0 aliphatic heterocycles. The third kappa shape index (κ3) is 4.27.